The molecule has 2 aromatic rings. The minimum atomic E-state index is -1.10. The van der Waals surface area contributed by atoms with E-state index in [0.29, 0.717) is 19.5 Å². The maximum atomic E-state index is 13.7. The molecule has 2 N–H and O–H groups in total. The zero-order chi connectivity index (χ0) is 28.8. The third-order valence-electron chi connectivity index (χ3n) is 8.01. The van der Waals surface area contributed by atoms with E-state index in [4.69, 9.17) is 9.31 Å². The summed E-state index contributed by atoms with van der Waals surface area (Å²) in [6, 6.07) is 9.04. The van der Waals surface area contributed by atoms with Crippen LogP contribution < -0.4 is 10.6 Å². The van der Waals surface area contributed by atoms with E-state index >= 15 is 0 Å². The molecule has 2 unspecified atom stereocenters. The van der Waals surface area contributed by atoms with Gasteiger partial charge in [0.05, 0.1) is 29.8 Å². The Morgan fingerprint density at radius 3 is 2.30 bits per heavy atom. The molecule has 0 saturated carbocycles. The van der Waals surface area contributed by atoms with Crippen molar-refractivity contribution in [2.45, 2.75) is 89.4 Å². The molecule has 0 bridgehead atoms. The second-order valence-corrected chi connectivity index (χ2v) is 11.5. The molecule has 3 heterocycles. The van der Waals surface area contributed by atoms with Gasteiger partial charge in [-0.25, -0.2) is 4.98 Å². The van der Waals surface area contributed by atoms with Gasteiger partial charge >= 0.3 is 7.12 Å². The van der Waals surface area contributed by atoms with Gasteiger partial charge in [-0.1, -0.05) is 30.3 Å². The molecule has 1 aromatic carbocycles. The van der Waals surface area contributed by atoms with Crippen LogP contribution in [0.25, 0.3) is 0 Å². The van der Waals surface area contributed by atoms with Crippen LogP contribution in [-0.4, -0.2) is 76.0 Å². The van der Waals surface area contributed by atoms with Gasteiger partial charge in [0.25, 0.3) is 5.91 Å². The van der Waals surface area contributed by atoms with Crippen molar-refractivity contribution in [3.8, 4) is 0 Å². The lowest BCUT2D eigenvalue weighted by Gasteiger charge is -2.32. The largest absolute Gasteiger partial charge is 0.481 e. The van der Waals surface area contributed by atoms with Gasteiger partial charge in [0.15, 0.2) is 0 Å². The summed E-state index contributed by atoms with van der Waals surface area (Å²) in [5.41, 5.74) is 0.114. The first-order valence-electron chi connectivity index (χ1n) is 14.1. The highest BCUT2D eigenvalue weighted by Crippen LogP contribution is 2.38. The molecule has 4 rings (SSSR count). The van der Waals surface area contributed by atoms with Crippen molar-refractivity contribution in [2.75, 3.05) is 13.1 Å². The second-order valence-electron chi connectivity index (χ2n) is 11.5. The summed E-state index contributed by atoms with van der Waals surface area (Å²) in [6.07, 6.45) is 8.09. The Morgan fingerprint density at radius 2 is 1.68 bits per heavy atom. The molecule has 2 fully saturated rings. The van der Waals surface area contributed by atoms with Crippen LogP contribution in [0.1, 0.15) is 75.9 Å². The molecule has 0 aliphatic carbocycles. The summed E-state index contributed by atoms with van der Waals surface area (Å²) in [5, 5.41) is 5.78. The number of nitrogens with one attached hydrogen (secondary N) is 2. The van der Waals surface area contributed by atoms with E-state index in [-0.39, 0.29) is 18.0 Å². The predicted molar refractivity (Wildman–Crippen MR) is 151 cm³/mol. The highest BCUT2D eigenvalue weighted by Gasteiger charge is 2.54. The van der Waals surface area contributed by atoms with Crippen molar-refractivity contribution in [3.05, 3.63) is 60.2 Å². The number of nitrogens with zero attached hydrogens (tertiary/aromatic N) is 3. The van der Waals surface area contributed by atoms with Crippen LogP contribution in [-0.2, 0) is 25.3 Å². The molecule has 0 spiro atoms. The highest BCUT2D eigenvalue weighted by atomic mass is 16.7. The van der Waals surface area contributed by atoms with E-state index in [9.17, 15) is 14.4 Å². The predicted octanol–water partition coefficient (Wildman–Crippen LogP) is 2.73. The van der Waals surface area contributed by atoms with Crippen molar-refractivity contribution < 1.29 is 23.7 Å². The van der Waals surface area contributed by atoms with Gasteiger partial charge in [-0.15, -0.1) is 0 Å². The lowest BCUT2D eigenvalue weighted by Crippen LogP contribution is -2.55. The second kappa shape index (κ2) is 12.9. The number of aromatic nitrogens is 2. The molecule has 2 aliphatic rings. The van der Waals surface area contributed by atoms with E-state index in [2.05, 4.69) is 32.7 Å². The Bertz CT molecular complexity index is 1140. The number of benzene rings is 1. The monoisotopic (exact) mass is 549 g/mol. The van der Waals surface area contributed by atoms with Crippen LogP contribution in [0.2, 0.25) is 0 Å². The number of carbonyl (C=O) groups excluding carboxylic acids is 3. The molecular formula is C29H40BN5O5. The summed E-state index contributed by atoms with van der Waals surface area (Å²) in [5.74, 6) is -1.70. The van der Waals surface area contributed by atoms with Gasteiger partial charge in [0.2, 0.25) is 11.8 Å². The van der Waals surface area contributed by atoms with Crippen molar-refractivity contribution in [3.63, 3.8) is 0 Å². The first-order valence-corrected chi connectivity index (χ1v) is 14.1. The molecule has 214 valence electrons. The summed E-state index contributed by atoms with van der Waals surface area (Å²) in [6.45, 7) is 9.18. The lowest BCUT2D eigenvalue weighted by molar-refractivity contribution is -0.134. The van der Waals surface area contributed by atoms with E-state index < -0.39 is 42.1 Å². The topological polar surface area (TPSA) is 123 Å². The molecule has 2 saturated heterocycles. The summed E-state index contributed by atoms with van der Waals surface area (Å²) in [4.78, 5) is 49.4. The number of likely N-dealkylation sites (tertiary alicyclic amines) is 1. The Hall–Kier alpha value is -3.31. The van der Waals surface area contributed by atoms with Gasteiger partial charge in [-0.3, -0.25) is 19.4 Å². The molecule has 3 amide bonds. The van der Waals surface area contributed by atoms with Crippen LogP contribution in [0.3, 0.4) is 0 Å². The van der Waals surface area contributed by atoms with Crippen LogP contribution in [0.4, 0.5) is 0 Å². The zero-order valence-corrected chi connectivity index (χ0v) is 23.9. The Kier molecular flexibility index (Phi) is 9.58. The van der Waals surface area contributed by atoms with E-state index in [0.717, 1.165) is 25.7 Å². The maximum Gasteiger partial charge on any atom is 0.481 e. The third kappa shape index (κ3) is 7.45. The van der Waals surface area contributed by atoms with E-state index in [1.165, 1.54) is 24.2 Å². The van der Waals surface area contributed by atoms with Crippen molar-refractivity contribution in [2.24, 2.45) is 0 Å². The standard InChI is InChI=1S/C29H40BN5O5/c1-28(2)29(3,4)40-30(39-28)24(14-10-13-21-11-6-5-7-12-21)34-26(37)22(19-25(36)35-17-8-9-18-35)33-27(38)23-20-31-15-16-32-23/h5-7,11-12,15-16,20,22,24H,8-10,13-14,17-19H2,1-4H3,(H,33,38)(H,34,37). The minimum absolute atomic E-state index is 0.0688. The number of hydrogen-bond acceptors (Lipinski definition) is 7. The maximum absolute atomic E-state index is 13.7. The molecular weight excluding hydrogens is 509 g/mol. The van der Waals surface area contributed by atoms with Gasteiger partial charge in [-0.05, 0) is 65.4 Å². The fraction of sp³-hybridized carbons (Fsp3) is 0.552. The van der Waals surface area contributed by atoms with Crippen LogP contribution in [0.15, 0.2) is 48.9 Å². The Morgan fingerprint density at radius 1 is 1.00 bits per heavy atom. The molecule has 1 aromatic heterocycles. The fourth-order valence-electron chi connectivity index (χ4n) is 4.91. The van der Waals surface area contributed by atoms with E-state index in [1.807, 2.05) is 45.9 Å². The molecule has 40 heavy (non-hydrogen) atoms. The Labute approximate surface area is 236 Å². The first kappa shape index (κ1) is 29.7. The fourth-order valence-corrected chi connectivity index (χ4v) is 4.91. The third-order valence-corrected chi connectivity index (χ3v) is 8.01. The van der Waals surface area contributed by atoms with Crippen molar-refractivity contribution >= 4 is 24.8 Å². The molecule has 0 radical (unpaired) electrons. The number of hydrogen-bond donors (Lipinski definition) is 2. The van der Waals surface area contributed by atoms with Crippen LogP contribution in [0, 0.1) is 0 Å². The number of carbonyl (C=O) groups is 3. The first-order chi connectivity index (χ1) is 19.1. The van der Waals surface area contributed by atoms with Gasteiger partial charge < -0.3 is 24.8 Å². The molecule has 11 heteroatoms. The normalized spacial score (nSPS) is 19.2. The van der Waals surface area contributed by atoms with Gasteiger partial charge in [0, 0.05) is 25.5 Å². The molecule has 10 nitrogen and oxygen atoms in total. The quantitative estimate of drug-likeness (QED) is 0.414. The van der Waals surface area contributed by atoms with Crippen LogP contribution >= 0.6 is 0 Å². The van der Waals surface area contributed by atoms with Crippen molar-refractivity contribution in [1.82, 2.24) is 25.5 Å². The highest BCUT2D eigenvalue weighted by molar-refractivity contribution is 6.48. The summed E-state index contributed by atoms with van der Waals surface area (Å²) in [7, 11) is -0.685. The van der Waals surface area contributed by atoms with Gasteiger partial charge in [0.1, 0.15) is 11.7 Å². The zero-order valence-electron chi connectivity index (χ0n) is 23.9. The summed E-state index contributed by atoms with van der Waals surface area (Å²) >= 11 is 0. The average Bonchev–Trinajstić information content (AvgIpc) is 3.54. The number of rotatable bonds is 11. The average molecular weight is 549 g/mol. The van der Waals surface area contributed by atoms with E-state index in [1.54, 1.807) is 4.90 Å². The lowest BCUT2D eigenvalue weighted by atomic mass is 9.75. The van der Waals surface area contributed by atoms with Crippen molar-refractivity contribution in [1.29, 1.82) is 0 Å². The Balaban J connectivity index is 1.50. The van der Waals surface area contributed by atoms with Crippen LogP contribution in [0.5, 0.6) is 0 Å². The van der Waals surface area contributed by atoms with Gasteiger partial charge in [-0.2, -0.15) is 0 Å². The minimum Gasteiger partial charge on any atom is -0.402 e. The number of aryl methyl sites for hydroxylation is 1. The molecule has 2 atom stereocenters. The molecule has 2 aliphatic heterocycles. The summed E-state index contributed by atoms with van der Waals surface area (Å²) < 4.78 is 12.6. The number of amides is 3. The SMILES string of the molecule is CC1(C)OB(C(CCCc2ccccc2)NC(=O)C(CC(=O)N2CCCC2)NC(=O)c2cnccn2)OC1(C)C. The smallest absolute Gasteiger partial charge is 0.402 e.